The molecule has 4 aromatic rings. The lowest BCUT2D eigenvalue weighted by Crippen LogP contribution is -2.28. The smallest absolute Gasteiger partial charge is 0.240 e. The number of aromatic nitrogens is 4. The SMILES string of the molecule is COc1ccc(S(=O)(=O)NCCOc2ccc3nnc(-c4ccccc4)n3n2)cc1C. The van der Waals surface area contributed by atoms with E-state index in [1.807, 2.05) is 30.3 Å². The minimum Gasteiger partial charge on any atom is -0.496 e. The summed E-state index contributed by atoms with van der Waals surface area (Å²) in [7, 11) is -2.12. The van der Waals surface area contributed by atoms with Gasteiger partial charge in [0.1, 0.15) is 12.4 Å². The van der Waals surface area contributed by atoms with Crippen molar-refractivity contribution >= 4 is 15.7 Å². The summed E-state index contributed by atoms with van der Waals surface area (Å²) in [5.41, 5.74) is 2.20. The van der Waals surface area contributed by atoms with E-state index in [0.717, 1.165) is 11.1 Å². The number of aryl methyl sites for hydroxylation is 1. The van der Waals surface area contributed by atoms with Crippen LogP contribution in [-0.2, 0) is 10.0 Å². The Balaban J connectivity index is 1.41. The van der Waals surface area contributed by atoms with Crippen LogP contribution in [0.2, 0.25) is 0 Å². The fourth-order valence-corrected chi connectivity index (χ4v) is 4.15. The van der Waals surface area contributed by atoms with E-state index in [4.69, 9.17) is 9.47 Å². The summed E-state index contributed by atoms with van der Waals surface area (Å²) >= 11 is 0. The Morgan fingerprint density at radius 3 is 2.58 bits per heavy atom. The van der Waals surface area contributed by atoms with Crippen molar-refractivity contribution in [2.24, 2.45) is 0 Å². The molecule has 0 aliphatic heterocycles. The zero-order valence-corrected chi connectivity index (χ0v) is 17.8. The van der Waals surface area contributed by atoms with Crippen molar-refractivity contribution < 1.29 is 17.9 Å². The van der Waals surface area contributed by atoms with Gasteiger partial charge in [-0.15, -0.1) is 15.3 Å². The van der Waals surface area contributed by atoms with Gasteiger partial charge < -0.3 is 9.47 Å². The van der Waals surface area contributed by atoms with Crippen molar-refractivity contribution in [3.63, 3.8) is 0 Å². The topological polar surface area (TPSA) is 108 Å². The van der Waals surface area contributed by atoms with Crippen molar-refractivity contribution in [3.05, 3.63) is 66.2 Å². The third-order valence-corrected chi connectivity index (χ3v) is 6.05. The molecule has 0 bridgehead atoms. The van der Waals surface area contributed by atoms with Gasteiger partial charge in [0.2, 0.25) is 15.9 Å². The Labute approximate surface area is 179 Å². The van der Waals surface area contributed by atoms with Crippen LogP contribution in [0.25, 0.3) is 17.0 Å². The van der Waals surface area contributed by atoms with Gasteiger partial charge >= 0.3 is 0 Å². The van der Waals surface area contributed by atoms with Crippen LogP contribution in [0.4, 0.5) is 0 Å². The summed E-state index contributed by atoms with van der Waals surface area (Å²) in [6.45, 7) is 1.98. The van der Waals surface area contributed by atoms with Crippen LogP contribution in [0.15, 0.2) is 65.6 Å². The molecule has 0 aliphatic rings. The first-order valence-electron chi connectivity index (χ1n) is 9.53. The quantitative estimate of drug-likeness (QED) is 0.420. The highest BCUT2D eigenvalue weighted by molar-refractivity contribution is 7.89. The summed E-state index contributed by atoms with van der Waals surface area (Å²) in [6.07, 6.45) is 0. The molecule has 31 heavy (non-hydrogen) atoms. The molecule has 1 N–H and O–H groups in total. The van der Waals surface area contributed by atoms with Gasteiger partial charge in [-0.25, -0.2) is 13.1 Å². The van der Waals surface area contributed by atoms with Gasteiger partial charge in [0.05, 0.1) is 12.0 Å². The van der Waals surface area contributed by atoms with Crippen LogP contribution in [0, 0.1) is 6.92 Å². The molecule has 2 aromatic carbocycles. The number of ether oxygens (including phenoxy) is 2. The Morgan fingerprint density at radius 1 is 1.03 bits per heavy atom. The lowest BCUT2D eigenvalue weighted by atomic mass is 10.2. The molecule has 160 valence electrons. The molecule has 0 fully saturated rings. The van der Waals surface area contributed by atoms with Crippen molar-refractivity contribution in [3.8, 4) is 23.0 Å². The third-order valence-electron chi connectivity index (χ3n) is 4.59. The predicted octanol–water partition coefficient (Wildman–Crippen LogP) is 2.47. The molecule has 0 aliphatic carbocycles. The predicted molar refractivity (Wildman–Crippen MR) is 115 cm³/mol. The molecule has 2 aromatic heterocycles. The summed E-state index contributed by atoms with van der Waals surface area (Å²) in [5.74, 6) is 1.56. The first kappa shape index (κ1) is 20.8. The molecule has 0 saturated heterocycles. The highest BCUT2D eigenvalue weighted by Gasteiger charge is 2.15. The number of fused-ring (bicyclic) bond motifs is 1. The molecule has 2 heterocycles. The van der Waals surface area contributed by atoms with E-state index in [0.29, 0.717) is 23.1 Å². The molecule has 0 atom stereocenters. The minimum atomic E-state index is -3.66. The molecule has 9 nitrogen and oxygen atoms in total. The van der Waals surface area contributed by atoms with E-state index in [2.05, 4.69) is 20.0 Å². The zero-order chi connectivity index (χ0) is 21.8. The maximum absolute atomic E-state index is 12.5. The number of nitrogens with zero attached hydrogens (tertiary/aromatic N) is 4. The summed E-state index contributed by atoms with van der Waals surface area (Å²) in [5, 5.41) is 12.7. The lowest BCUT2D eigenvalue weighted by Gasteiger charge is -2.10. The number of sulfonamides is 1. The van der Waals surface area contributed by atoms with Gasteiger partial charge in [0, 0.05) is 18.2 Å². The van der Waals surface area contributed by atoms with Crippen molar-refractivity contribution in [2.45, 2.75) is 11.8 Å². The van der Waals surface area contributed by atoms with Crippen LogP contribution in [0.5, 0.6) is 11.6 Å². The van der Waals surface area contributed by atoms with E-state index < -0.39 is 10.0 Å². The number of rotatable bonds is 8. The highest BCUT2D eigenvalue weighted by atomic mass is 32.2. The van der Waals surface area contributed by atoms with Crippen molar-refractivity contribution in [2.75, 3.05) is 20.3 Å². The Hall–Kier alpha value is -3.50. The maximum Gasteiger partial charge on any atom is 0.240 e. The molecular weight excluding hydrogens is 418 g/mol. The average molecular weight is 439 g/mol. The monoisotopic (exact) mass is 439 g/mol. The highest BCUT2D eigenvalue weighted by Crippen LogP contribution is 2.21. The summed E-state index contributed by atoms with van der Waals surface area (Å²) in [4.78, 5) is 0.169. The molecule has 0 saturated carbocycles. The number of benzene rings is 2. The fourth-order valence-electron chi connectivity index (χ4n) is 3.05. The van der Waals surface area contributed by atoms with E-state index >= 15 is 0 Å². The van der Waals surface area contributed by atoms with Crippen LogP contribution in [0.3, 0.4) is 0 Å². The van der Waals surface area contributed by atoms with Crippen LogP contribution in [0.1, 0.15) is 5.56 Å². The van der Waals surface area contributed by atoms with Gasteiger partial charge in [-0.3, -0.25) is 0 Å². The molecule has 0 spiro atoms. The zero-order valence-electron chi connectivity index (χ0n) is 17.0. The van der Waals surface area contributed by atoms with Gasteiger partial charge in [0.15, 0.2) is 11.5 Å². The maximum atomic E-state index is 12.5. The first-order chi connectivity index (χ1) is 15.0. The fraction of sp³-hybridized carbons (Fsp3) is 0.190. The van der Waals surface area contributed by atoms with Gasteiger partial charge in [-0.05, 0) is 36.8 Å². The van der Waals surface area contributed by atoms with E-state index in [1.54, 1.807) is 42.8 Å². The minimum absolute atomic E-state index is 0.0842. The Bertz CT molecular complexity index is 1310. The van der Waals surface area contributed by atoms with E-state index in [-0.39, 0.29) is 18.0 Å². The largest absolute Gasteiger partial charge is 0.496 e. The second-order valence-electron chi connectivity index (χ2n) is 6.71. The average Bonchev–Trinajstić information content (AvgIpc) is 3.20. The molecule has 0 unspecified atom stereocenters. The van der Waals surface area contributed by atoms with Gasteiger partial charge in [-0.2, -0.15) is 4.52 Å². The van der Waals surface area contributed by atoms with E-state index in [1.165, 1.54) is 6.07 Å². The Kier molecular flexibility index (Phi) is 5.83. The lowest BCUT2D eigenvalue weighted by molar-refractivity contribution is 0.306. The summed E-state index contributed by atoms with van der Waals surface area (Å²) in [6, 6.07) is 17.7. The number of methoxy groups -OCH3 is 1. The van der Waals surface area contributed by atoms with Crippen molar-refractivity contribution in [1.82, 2.24) is 24.5 Å². The molecule has 4 rings (SSSR count). The van der Waals surface area contributed by atoms with Crippen LogP contribution >= 0.6 is 0 Å². The first-order valence-corrected chi connectivity index (χ1v) is 11.0. The second-order valence-corrected chi connectivity index (χ2v) is 8.48. The standard InChI is InChI=1S/C21H21N5O4S/c1-15-14-17(8-9-18(15)29-2)31(27,28)22-12-13-30-20-11-10-19-23-24-21(26(19)25-20)16-6-4-3-5-7-16/h3-11,14,22H,12-13H2,1-2H3. The van der Waals surface area contributed by atoms with Crippen LogP contribution < -0.4 is 14.2 Å². The summed E-state index contributed by atoms with van der Waals surface area (Å²) < 4.78 is 39.9. The third kappa shape index (κ3) is 4.49. The van der Waals surface area contributed by atoms with E-state index in [9.17, 15) is 8.42 Å². The van der Waals surface area contributed by atoms with Crippen molar-refractivity contribution in [1.29, 1.82) is 0 Å². The molecule has 0 amide bonds. The number of hydrogen-bond donors (Lipinski definition) is 1. The second kappa shape index (κ2) is 8.70. The number of nitrogens with one attached hydrogen (secondary N) is 1. The van der Waals surface area contributed by atoms with Crippen LogP contribution in [-0.4, -0.2) is 48.5 Å². The molecule has 0 radical (unpaired) electrons. The Morgan fingerprint density at radius 2 is 1.84 bits per heavy atom. The molecule has 10 heteroatoms. The molecular formula is C21H21N5O4S. The van der Waals surface area contributed by atoms with Gasteiger partial charge in [0.25, 0.3) is 0 Å². The van der Waals surface area contributed by atoms with Gasteiger partial charge in [-0.1, -0.05) is 30.3 Å². The number of hydrogen-bond acceptors (Lipinski definition) is 7. The normalized spacial score (nSPS) is 11.5.